The number of aliphatic hydroxyl groups excluding tert-OH is 1. The number of hydrogen-bond acceptors (Lipinski definition) is 4. The van der Waals surface area contributed by atoms with Crippen LogP contribution in [0.5, 0.6) is 5.75 Å². The lowest BCUT2D eigenvalue weighted by atomic mass is 10.3. The Labute approximate surface area is 117 Å². The summed E-state index contributed by atoms with van der Waals surface area (Å²) in [4.78, 5) is 4.17. The molecule has 19 heavy (non-hydrogen) atoms. The number of aliphatic hydroxyl groups is 1. The van der Waals surface area contributed by atoms with Gasteiger partial charge in [-0.1, -0.05) is 17.7 Å². The largest absolute Gasteiger partial charge is 0.486 e. The lowest BCUT2D eigenvalue weighted by Crippen LogP contribution is -2.13. The first-order valence-corrected chi connectivity index (χ1v) is 6.30. The molecule has 0 radical (unpaired) electrons. The summed E-state index contributed by atoms with van der Waals surface area (Å²) < 4.78 is 5.63. The van der Waals surface area contributed by atoms with E-state index in [1.54, 1.807) is 31.3 Å². The van der Waals surface area contributed by atoms with Crippen molar-refractivity contribution in [1.82, 2.24) is 4.98 Å². The number of aromatic nitrogens is 1. The fourth-order valence-corrected chi connectivity index (χ4v) is 1.75. The summed E-state index contributed by atoms with van der Waals surface area (Å²) in [5.41, 5.74) is 1.57. The summed E-state index contributed by atoms with van der Waals surface area (Å²) in [5.74, 6) is 0.554. The first-order chi connectivity index (χ1) is 9.15. The molecule has 2 N–H and O–H groups in total. The molecule has 100 valence electrons. The lowest BCUT2D eigenvalue weighted by molar-refractivity contribution is 0.224. The van der Waals surface area contributed by atoms with Crippen LogP contribution in [0, 0.1) is 0 Å². The third-order valence-corrected chi connectivity index (χ3v) is 2.72. The molecule has 2 aromatic rings. The zero-order valence-electron chi connectivity index (χ0n) is 10.5. The minimum atomic E-state index is -0.634. The number of rotatable bonds is 5. The molecule has 0 aliphatic carbocycles. The Kier molecular flexibility index (Phi) is 4.60. The lowest BCUT2D eigenvalue weighted by Gasteiger charge is -2.12. The molecule has 1 atom stereocenters. The number of halogens is 1. The zero-order valence-corrected chi connectivity index (χ0v) is 11.3. The molecule has 0 saturated carbocycles. The predicted octanol–water partition coefficient (Wildman–Crippen LogP) is 3.06. The van der Waals surface area contributed by atoms with Crippen molar-refractivity contribution in [3.05, 3.63) is 53.3 Å². The maximum absolute atomic E-state index is 9.28. The van der Waals surface area contributed by atoms with Crippen molar-refractivity contribution in [2.24, 2.45) is 0 Å². The minimum Gasteiger partial charge on any atom is -0.486 e. The number of anilines is 1. The highest BCUT2D eigenvalue weighted by Gasteiger charge is 2.05. The molecule has 1 aromatic heterocycles. The first kappa shape index (κ1) is 13.6. The standard InChI is InChI=1S/C14H15ClN2O2/c1-10(18)17-11-5-6-13(15)14(8-11)19-9-12-4-2-3-7-16-12/h2-8,10,17-18H,9H2,1H3. The summed E-state index contributed by atoms with van der Waals surface area (Å²) in [6.07, 6.45) is 1.08. The Morgan fingerprint density at radius 1 is 1.37 bits per heavy atom. The molecule has 0 saturated heterocycles. The Morgan fingerprint density at radius 2 is 2.21 bits per heavy atom. The molecule has 1 heterocycles. The van der Waals surface area contributed by atoms with E-state index in [1.807, 2.05) is 18.2 Å². The third kappa shape index (κ3) is 4.12. The third-order valence-electron chi connectivity index (χ3n) is 2.41. The topological polar surface area (TPSA) is 54.4 Å². The van der Waals surface area contributed by atoms with Gasteiger partial charge in [0.2, 0.25) is 0 Å². The molecular weight excluding hydrogens is 264 g/mol. The summed E-state index contributed by atoms with van der Waals surface area (Å²) in [6.45, 7) is 1.99. The van der Waals surface area contributed by atoms with Gasteiger partial charge in [-0.05, 0) is 31.2 Å². The average Bonchev–Trinajstić information content (AvgIpc) is 2.40. The minimum absolute atomic E-state index is 0.346. The van der Waals surface area contributed by atoms with Crippen LogP contribution in [0.4, 0.5) is 5.69 Å². The van der Waals surface area contributed by atoms with Gasteiger partial charge in [-0.25, -0.2) is 0 Å². The molecule has 1 aromatic carbocycles. The van der Waals surface area contributed by atoms with E-state index < -0.39 is 6.23 Å². The Balaban J connectivity index is 2.06. The average molecular weight is 279 g/mol. The monoisotopic (exact) mass is 278 g/mol. The number of nitrogens with one attached hydrogen (secondary N) is 1. The Bertz CT molecular complexity index is 532. The van der Waals surface area contributed by atoms with Gasteiger partial charge in [-0.3, -0.25) is 4.98 Å². The van der Waals surface area contributed by atoms with Crippen molar-refractivity contribution in [2.75, 3.05) is 5.32 Å². The molecule has 4 nitrogen and oxygen atoms in total. The van der Waals surface area contributed by atoms with Crippen LogP contribution in [0.15, 0.2) is 42.6 Å². The van der Waals surface area contributed by atoms with E-state index >= 15 is 0 Å². The van der Waals surface area contributed by atoms with Crippen molar-refractivity contribution in [2.45, 2.75) is 19.8 Å². The number of nitrogens with zero attached hydrogens (tertiary/aromatic N) is 1. The molecule has 0 aliphatic heterocycles. The van der Waals surface area contributed by atoms with Gasteiger partial charge in [0, 0.05) is 18.0 Å². The molecule has 0 bridgehead atoms. The van der Waals surface area contributed by atoms with Gasteiger partial charge in [-0.15, -0.1) is 0 Å². The highest BCUT2D eigenvalue weighted by Crippen LogP contribution is 2.28. The van der Waals surface area contributed by atoms with E-state index in [2.05, 4.69) is 10.3 Å². The highest BCUT2D eigenvalue weighted by atomic mass is 35.5. The fourth-order valence-electron chi connectivity index (χ4n) is 1.58. The summed E-state index contributed by atoms with van der Waals surface area (Å²) in [5, 5.41) is 12.7. The van der Waals surface area contributed by atoms with Crippen LogP contribution >= 0.6 is 11.6 Å². The van der Waals surface area contributed by atoms with Crippen LogP contribution in [-0.2, 0) is 6.61 Å². The van der Waals surface area contributed by atoms with Gasteiger partial charge in [0.15, 0.2) is 0 Å². The normalized spacial score (nSPS) is 11.9. The maximum atomic E-state index is 9.28. The molecule has 0 amide bonds. The number of ether oxygens (including phenoxy) is 1. The molecular formula is C14H15ClN2O2. The molecule has 0 aliphatic rings. The molecule has 1 unspecified atom stereocenters. The van der Waals surface area contributed by atoms with E-state index in [1.165, 1.54) is 0 Å². The van der Waals surface area contributed by atoms with Crippen molar-refractivity contribution in [1.29, 1.82) is 0 Å². The van der Waals surface area contributed by atoms with Crippen LogP contribution in [0.2, 0.25) is 5.02 Å². The van der Waals surface area contributed by atoms with Crippen LogP contribution in [0.3, 0.4) is 0 Å². The Hall–Kier alpha value is -1.78. The smallest absolute Gasteiger partial charge is 0.140 e. The van der Waals surface area contributed by atoms with E-state index in [-0.39, 0.29) is 0 Å². The van der Waals surface area contributed by atoms with Crippen LogP contribution in [0.25, 0.3) is 0 Å². The molecule has 2 rings (SSSR count). The maximum Gasteiger partial charge on any atom is 0.140 e. The van der Waals surface area contributed by atoms with Crippen molar-refractivity contribution < 1.29 is 9.84 Å². The second-order valence-electron chi connectivity index (χ2n) is 4.08. The van der Waals surface area contributed by atoms with E-state index in [0.29, 0.717) is 17.4 Å². The number of pyridine rings is 1. The Morgan fingerprint density at radius 3 is 2.89 bits per heavy atom. The van der Waals surface area contributed by atoms with Gasteiger partial charge in [0.05, 0.1) is 10.7 Å². The van der Waals surface area contributed by atoms with Crippen LogP contribution in [-0.4, -0.2) is 16.3 Å². The van der Waals surface area contributed by atoms with Gasteiger partial charge in [0.25, 0.3) is 0 Å². The van der Waals surface area contributed by atoms with Crippen LogP contribution < -0.4 is 10.1 Å². The quantitative estimate of drug-likeness (QED) is 0.826. The number of hydrogen-bond donors (Lipinski definition) is 2. The van der Waals surface area contributed by atoms with E-state index in [9.17, 15) is 5.11 Å². The first-order valence-electron chi connectivity index (χ1n) is 5.92. The van der Waals surface area contributed by atoms with Gasteiger partial charge < -0.3 is 15.2 Å². The molecule has 0 fully saturated rings. The van der Waals surface area contributed by atoms with Crippen molar-refractivity contribution in [3.8, 4) is 5.75 Å². The van der Waals surface area contributed by atoms with Crippen molar-refractivity contribution >= 4 is 17.3 Å². The molecule has 5 heteroatoms. The number of benzene rings is 1. The second kappa shape index (κ2) is 6.41. The zero-order chi connectivity index (χ0) is 13.7. The summed E-state index contributed by atoms with van der Waals surface area (Å²) >= 11 is 6.06. The summed E-state index contributed by atoms with van der Waals surface area (Å²) in [6, 6.07) is 10.9. The van der Waals surface area contributed by atoms with Gasteiger partial charge in [-0.2, -0.15) is 0 Å². The SMILES string of the molecule is CC(O)Nc1ccc(Cl)c(OCc2ccccn2)c1. The van der Waals surface area contributed by atoms with Gasteiger partial charge in [0.1, 0.15) is 18.6 Å². The van der Waals surface area contributed by atoms with Gasteiger partial charge >= 0.3 is 0 Å². The predicted molar refractivity (Wildman–Crippen MR) is 75.3 cm³/mol. The van der Waals surface area contributed by atoms with E-state index in [4.69, 9.17) is 16.3 Å². The van der Waals surface area contributed by atoms with Crippen molar-refractivity contribution in [3.63, 3.8) is 0 Å². The molecule has 0 spiro atoms. The van der Waals surface area contributed by atoms with Crippen LogP contribution in [0.1, 0.15) is 12.6 Å². The fraction of sp³-hybridized carbons (Fsp3) is 0.214. The second-order valence-corrected chi connectivity index (χ2v) is 4.48. The summed E-state index contributed by atoms with van der Waals surface area (Å²) in [7, 11) is 0. The van der Waals surface area contributed by atoms with E-state index in [0.717, 1.165) is 11.4 Å². The highest BCUT2D eigenvalue weighted by molar-refractivity contribution is 6.32.